The molecule has 3 rings (SSSR count). The minimum Gasteiger partial charge on any atom is -0.481 e. The van der Waals surface area contributed by atoms with Gasteiger partial charge in [-0.1, -0.05) is 19.1 Å². The summed E-state index contributed by atoms with van der Waals surface area (Å²) in [6.45, 7) is 2.65. The summed E-state index contributed by atoms with van der Waals surface area (Å²) in [6, 6.07) is 8.36. The van der Waals surface area contributed by atoms with Crippen molar-refractivity contribution in [3.05, 3.63) is 52.0 Å². The zero-order chi connectivity index (χ0) is 15.5. The Hall–Kier alpha value is -1.88. The average molecular weight is 319 g/mol. The standard InChI is InChI=1S/C17H18FNO2S/c1-2-14-12-8-10-22-16(12)7-9-19(14)17(20)11-21-15-6-4-3-5-13(15)18/h3-6,8,10,14H,2,7,9,11H2,1H3. The first kappa shape index (κ1) is 15.0. The molecule has 1 unspecified atom stereocenters. The number of halogens is 1. The Balaban J connectivity index is 1.69. The number of carbonyl (C=O) groups excluding carboxylic acids is 1. The van der Waals surface area contributed by atoms with Gasteiger partial charge in [0.2, 0.25) is 0 Å². The number of nitrogens with zero attached hydrogens (tertiary/aromatic N) is 1. The zero-order valence-corrected chi connectivity index (χ0v) is 13.2. The highest BCUT2D eigenvalue weighted by Crippen LogP contribution is 2.35. The predicted octanol–water partition coefficient (Wildman–Crippen LogP) is 3.80. The number of thiophene rings is 1. The van der Waals surface area contributed by atoms with E-state index in [4.69, 9.17) is 4.74 Å². The first-order chi connectivity index (χ1) is 10.7. The van der Waals surface area contributed by atoms with E-state index in [2.05, 4.69) is 18.4 Å². The quantitative estimate of drug-likeness (QED) is 0.858. The van der Waals surface area contributed by atoms with E-state index in [1.54, 1.807) is 23.5 Å². The molecule has 1 atom stereocenters. The lowest BCUT2D eigenvalue weighted by Crippen LogP contribution is -2.41. The summed E-state index contributed by atoms with van der Waals surface area (Å²) < 4.78 is 18.9. The van der Waals surface area contributed by atoms with Crippen molar-refractivity contribution in [3.8, 4) is 5.75 Å². The van der Waals surface area contributed by atoms with Crippen LogP contribution in [-0.2, 0) is 11.2 Å². The smallest absolute Gasteiger partial charge is 0.261 e. The van der Waals surface area contributed by atoms with E-state index in [0.29, 0.717) is 6.54 Å². The maximum Gasteiger partial charge on any atom is 0.261 e. The molecule has 3 nitrogen and oxygen atoms in total. The summed E-state index contributed by atoms with van der Waals surface area (Å²) in [5.74, 6) is -0.412. The summed E-state index contributed by atoms with van der Waals surface area (Å²) in [4.78, 5) is 15.7. The summed E-state index contributed by atoms with van der Waals surface area (Å²) in [5.41, 5.74) is 1.25. The number of hydrogen-bond donors (Lipinski definition) is 0. The van der Waals surface area contributed by atoms with Crippen LogP contribution in [0.5, 0.6) is 5.75 Å². The van der Waals surface area contributed by atoms with Crippen LogP contribution >= 0.6 is 11.3 Å². The van der Waals surface area contributed by atoms with Gasteiger partial charge in [0, 0.05) is 11.4 Å². The molecule has 0 saturated heterocycles. The molecule has 0 bridgehead atoms. The molecule has 2 heterocycles. The SMILES string of the molecule is CCC1c2ccsc2CCN1C(=O)COc1ccccc1F. The fraction of sp³-hybridized carbons (Fsp3) is 0.353. The molecule has 1 aromatic heterocycles. The number of ether oxygens (including phenoxy) is 1. The molecule has 116 valence electrons. The molecule has 5 heteroatoms. The van der Waals surface area contributed by atoms with Gasteiger partial charge in [0.25, 0.3) is 5.91 Å². The normalized spacial score (nSPS) is 17.2. The number of rotatable bonds is 4. The molecule has 0 fully saturated rings. The van der Waals surface area contributed by atoms with Gasteiger partial charge in [-0.15, -0.1) is 11.3 Å². The first-order valence-electron chi connectivity index (χ1n) is 7.43. The number of carbonyl (C=O) groups is 1. The molecule has 1 aliphatic heterocycles. The first-order valence-corrected chi connectivity index (χ1v) is 8.31. The number of hydrogen-bond acceptors (Lipinski definition) is 3. The maximum atomic E-state index is 13.5. The summed E-state index contributed by atoms with van der Waals surface area (Å²) in [6.07, 6.45) is 1.75. The number of benzene rings is 1. The van der Waals surface area contributed by atoms with E-state index in [-0.39, 0.29) is 24.3 Å². The van der Waals surface area contributed by atoms with Crippen LogP contribution in [-0.4, -0.2) is 24.0 Å². The fourth-order valence-corrected chi connectivity index (χ4v) is 3.85. The van der Waals surface area contributed by atoms with E-state index in [1.165, 1.54) is 22.6 Å². The summed E-state index contributed by atoms with van der Waals surface area (Å²) in [7, 11) is 0. The van der Waals surface area contributed by atoms with E-state index < -0.39 is 5.82 Å². The van der Waals surface area contributed by atoms with Gasteiger partial charge in [-0.2, -0.15) is 0 Å². The Bertz CT molecular complexity index is 670. The van der Waals surface area contributed by atoms with Crippen molar-refractivity contribution in [1.29, 1.82) is 0 Å². The highest BCUT2D eigenvalue weighted by Gasteiger charge is 2.30. The topological polar surface area (TPSA) is 29.5 Å². The van der Waals surface area contributed by atoms with Crippen LogP contribution in [0.25, 0.3) is 0 Å². The molecule has 0 radical (unpaired) electrons. The highest BCUT2D eigenvalue weighted by atomic mass is 32.1. The van der Waals surface area contributed by atoms with Crippen molar-refractivity contribution in [2.75, 3.05) is 13.2 Å². The second kappa shape index (κ2) is 6.48. The lowest BCUT2D eigenvalue weighted by molar-refractivity contribution is -0.136. The van der Waals surface area contributed by atoms with Gasteiger partial charge < -0.3 is 9.64 Å². The number of amides is 1. The van der Waals surface area contributed by atoms with Crippen LogP contribution in [0.4, 0.5) is 4.39 Å². The third-order valence-electron chi connectivity index (χ3n) is 3.99. The molecular weight excluding hydrogens is 301 g/mol. The molecule has 2 aromatic rings. The third kappa shape index (κ3) is 2.86. The molecule has 0 N–H and O–H groups in total. The Morgan fingerprint density at radius 1 is 1.41 bits per heavy atom. The average Bonchev–Trinajstić information content (AvgIpc) is 3.01. The van der Waals surface area contributed by atoms with Crippen LogP contribution in [0, 0.1) is 5.82 Å². The van der Waals surface area contributed by atoms with Crippen molar-refractivity contribution in [1.82, 2.24) is 4.90 Å². The second-order valence-electron chi connectivity index (χ2n) is 5.28. The van der Waals surface area contributed by atoms with Crippen molar-refractivity contribution >= 4 is 17.2 Å². The Morgan fingerprint density at radius 2 is 2.23 bits per heavy atom. The number of para-hydroxylation sites is 1. The second-order valence-corrected chi connectivity index (χ2v) is 6.28. The lowest BCUT2D eigenvalue weighted by atomic mass is 9.98. The van der Waals surface area contributed by atoms with Gasteiger partial charge in [-0.3, -0.25) is 4.79 Å². The van der Waals surface area contributed by atoms with Gasteiger partial charge >= 0.3 is 0 Å². The van der Waals surface area contributed by atoms with Crippen LogP contribution in [0.15, 0.2) is 35.7 Å². The third-order valence-corrected chi connectivity index (χ3v) is 4.99. The molecule has 0 aliphatic carbocycles. The molecule has 0 saturated carbocycles. The molecule has 22 heavy (non-hydrogen) atoms. The number of fused-ring (bicyclic) bond motifs is 1. The van der Waals surface area contributed by atoms with Gasteiger partial charge in [-0.05, 0) is 42.0 Å². The van der Waals surface area contributed by atoms with E-state index in [9.17, 15) is 9.18 Å². The van der Waals surface area contributed by atoms with Crippen LogP contribution in [0.1, 0.15) is 29.8 Å². The van der Waals surface area contributed by atoms with Crippen molar-refractivity contribution < 1.29 is 13.9 Å². The minimum absolute atomic E-state index is 0.0908. The largest absolute Gasteiger partial charge is 0.481 e. The summed E-state index contributed by atoms with van der Waals surface area (Å²) in [5, 5.41) is 2.08. The Labute approximate surface area is 133 Å². The molecule has 0 spiro atoms. The van der Waals surface area contributed by atoms with Gasteiger partial charge in [0.1, 0.15) is 0 Å². The van der Waals surface area contributed by atoms with E-state index in [1.807, 2.05) is 4.90 Å². The summed E-state index contributed by atoms with van der Waals surface area (Å²) >= 11 is 1.75. The molecule has 1 aromatic carbocycles. The molecule has 1 aliphatic rings. The Morgan fingerprint density at radius 3 is 3.00 bits per heavy atom. The lowest BCUT2D eigenvalue weighted by Gasteiger charge is -2.35. The van der Waals surface area contributed by atoms with Gasteiger partial charge in [-0.25, -0.2) is 4.39 Å². The van der Waals surface area contributed by atoms with Gasteiger partial charge in [0.05, 0.1) is 6.04 Å². The zero-order valence-electron chi connectivity index (χ0n) is 12.4. The van der Waals surface area contributed by atoms with Gasteiger partial charge in [0.15, 0.2) is 18.2 Å². The van der Waals surface area contributed by atoms with Crippen LogP contribution < -0.4 is 4.74 Å². The highest BCUT2D eigenvalue weighted by molar-refractivity contribution is 7.10. The molecular formula is C17H18FNO2S. The molecule has 1 amide bonds. The van der Waals surface area contributed by atoms with Crippen molar-refractivity contribution in [2.24, 2.45) is 0 Å². The van der Waals surface area contributed by atoms with Crippen molar-refractivity contribution in [3.63, 3.8) is 0 Å². The maximum absolute atomic E-state index is 13.5. The fourth-order valence-electron chi connectivity index (χ4n) is 2.92. The van der Waals surface area contributed by atoms with E-state index >= 15 is 0 Å². The monoisotopic (exact) mass is 319 g/mol. The van der Waals surface area contributed by atoms with E-state index in [0.717, 1.165) is 12.8 Å². The minimum atomic E-state index is -0.443. The predicted molar refractivity (Wildman–Crippen MR) is 84.7 cm³/mol. The van der Waals surface area contributed by atoms with Crippen LogP contribution in [0.2, 0.25) is 0 Å². The van der Waals surface area contributed by atoms with Crippen LogP contribution in [0.3, 0.4) is 0 Å². The van der Waals surface area contributed by atoms with Crippen molar-refractivity contribution in [2.45, 2.75) is 25.8 Å². The Kier molecular flexibility index (Phi) is 4.43.